The van der Waals surface area contributed by atoms with Crippen LogP contribution in [0.2, 0.25) is 0 Å². The highest BCUT2D eigenvalue weighted by Gasteiger charge is 2.29. The van der Waals surface area contributed by atoms with Gasteiger partial charge in [0.25, 0.3) is 5.91 Å². The van der Waals surface area contributed by atoms with Crippen molar-refractivity contribution in [2.24, 2.45) is 0 Å². The molecule has 3 aromatic carbocycles. The minimum absolute atomic E-state index is 0.174. The largest absolute Gasteiger partial charge is 0.369 e. The fourth-order valence-corrected chi connectivity index (χ4v) is 5.14. The number of piperazine rings is 1. The predicted molar refractivity (Wildman–Crippen MR) is 141 cm³/mol. The third-order valence-electron chi connectivity index (χ3n) is 7.20. The summed E-state index contributed by atoms with van der Waals surface area (Å²) in [7, 11) is 0. The molecule has 1 fully saturated rings. The first-order valence-electron chi connectivity index (χ1n) is 12.7. The van der Waals surface area contributed by atoms with Gasteiger partial charge in [0.2, 0.25) is 0 Å². The summed E-state index contributed by atoms with van der Waals surface area (Å²) in [6.07, 6.45) is 1.90. The van der Waals surface area contributed by atoms with Crippen LogP contribution >= 0.6 is 0 Å². The Labute approximate surface area is 211 Å². The fraction of sp³-hybridized carbons (Fsp3) is 0.300. The zero-order valence-corrected chi connectivity index (χ0v) is 20.6. The molecular weight excluding hydrogens is 450 g/mol. The second-order valence-corrected chi connectivity index (χ2v) is 9.54. The second-order valence-electron chi connectivity index (χ2n) is 9.54. The Hall–Kier alpha value is -3.77. The van der Waals surface area contributed by atoms with E-state index in [1.165, 1.54) is 11.3 Å². The van der Waals surface area contributed by atoms with Crippen molar-refractivity contribution in [1.29, 1.82) is 0 Å². The van der Waals surface area contributed by atoms with Crippen LogP contribution in [0.15, 0.2) is 66.7 Å². The van der Waals surface area contributed by atoms with Gasteiger partial charge in [0.05, 0.1) is 0 Å². The first kappa shape index (κ1) is 23.9. The van der Waals surface area contributed by atoms with Gasteiger partial charge in [-0.1, -0.05) is 42.5 Å². The summed E-state index contributed by atoms with van der Waals surface area (Å²) in [5, 5.41) is 2.96. The molecule has 0 saturated carbocycles. The average Bonchev–Trinajstić information content (AvgIpc) is 2.92. The molecule has 0 radical (unpaired) electrons. The lowest BCUT2D eigenvalue weighted by Gasteiger charge is -2.36. The van der Waals surface area contributed by atoms with Crippen LogP contribution in [-0.2, 0) is 0 Å². The topological polar surface area (TPSA) is 69.7 Å². The van der Waals surface area contributed by atoms with Gasteiger partial charge in [-0.15, -0.1) is 0 Å². The van der Waals surface area contributed by atoms with Crippen molar-refractivity contribution < 1.29 is 14.4 Å². The van der Waals surface area contributed by atoms with Crippen LogP contribution < -0.4 is 10.2 Å². The van der Waals surface area contributed by atoms with Gasteiger partial charge in [0, 0.05) is 66.2 Å². The average molecular weight is 482 g/mol. The standard InChI is InChI=1S/C30H31N3O3/c1-21-8-2-5-11-27(21)33-18-16-32(17-19-33)15-7-6-14-31-30(36)22-12-13-25-26(20-22)29(35)24-10-4-3-9-23(24)28(25)34/h2-5,8-13,20H,6-7,14-19H2,1H3,(H,31,36). The van der Waals surface area contributed by atoms with E-state index < -0.39 is 0 Å². The number of hydrogen-bond acceptors (Lipinski definition) is 5. The summed E-state index contributed by atoms with van der Waals surface area (Å²) in [6, 6.07) is 20.1. The first-order chi connectivity index (χ1) is 17.5. The molecule has 2 aliphatic rings. The molecule has 1 heterocycles. The molecule has 0 aromatic heterocycles. The molecule has 0 unspecified atom stereocenters. The maximum Gasteiger partial charge on any atom is 0.251 e. The van der Waals surface area contributed by atoms with Gasteiger partial charge in [0.1, 0.15) is 0 Å². The Balaban J connectivity index is 1.08. The SMILES string of the molecule is Cc1ccccc1N1CCN(CCCCNC(=O)c2ccc3c(c2)C(=O)c2ccccc2C3=O)CC1. The smallest absolute Gasteiger partial charge is 0.251 e. The number of nitrogens with zero attached hydrogens (tertiary/aromatic N) is 2. The quantitative estimate of drug-likeness (QED) is 0.403. The first-order valence-corrected chi connectivity index (χ1v) is 12.7. The normalized spacial score (nSPS) is 15.4. The van der Waals surface area contributed by atoms with E-state index in [-0.39, 0.29) is 17.5 Å². The van der Waals surface area contributed by atoms with E-state index >= 15 is 0 Å². The third-order valence-corrected chi connectivity index (χ3v) is 7.20. The number of carbonyl (C=O) groups is 3. The molecule has 6 heteroatoms. The van der Waals surface area contributed by atoms with Gasteiger partial charge in [-0.05, 0) is 56.1 Å². The number of aryl methyl sites for hydroxylation is 1. The number of unbranched alkanes of at least 4 members (excludes halogenated alkanes) is 1. The lowest BCUT2D eigenvalue weighted by Crippen LogP contribution is -2.46. The van der Waals surface area contributed by atoms with E-state index in [9.17, 15) is 14.4 Å². The number of anilines is 1. The summed E-state index contributed by atoms with van der Waals surface area (Å²) < 4.78 is 0. The number of nitrogens with one attached hydrogen (secondary N) is 1. The fourth-order valence-electron chi connectivity index (χ4n) is 5.14. The van der Waals surface area contributed by atoms with Crippen molar-refractivity contribution in [3.05, 3.63) is 100 Å². The van der Waals surface area contributed by atoms with Crippen LogP contribution in [0, 0.1) is 6.92 Å². The molecule has 1 aliphatic heterocycles. The molecule has 1 saturated heterocycles. The molecule has 5 rings (SSSR count). The Kier molecular flexibility index (Phi) is 6.96. The van der Waals surface area contributed by atoms with Crippen LogP contribution in [0.4, 0.5) is 5.69 Å². The molecule has 3 aromatic rings. The zero-order valence-electron chi connectivity index (χ0n) is 20.6. The molecule has 1 N–H and O–H groups in total. The maximum absolute atomic E-state index is 12.9. The number of ketones is 2. The minimum atomic E-state index is -0.219. The second kappa shape index (κ2) is 10.5. The van der Waals surface area contributed by atoms with Crippen molar-refractivity contribution >= 4 is 23.2 Å². The van der Waals surface area contributed by atoms with Crippen molar-refractivity contribution in [1.82, 2.24) is 10.2 Å². The Morgan fingerprint density at radius 1 is 0.778 bits per heavy atom. The van der Waals surface area contributed by atoms with Gasteiger partial charge in [0.15, 0.2) is 11.6 Å². The van der Waals surface area contributed by atoms with E-state index in [4.69, 9.17) is 0 Å². The number of benzene rings is 3. The molecule has 0 spiro atoms. The number of fused-ring (bicyclic) bond motifs is 2. The number of rotatable bonds is 7. The highest BCUT2D eigenvalue weighted by atomic mass is 16.2. The highest BCUT2D eigenvalue weighted by Crippen LogP contribution is 2.28. The zero-order chi connectivity index (χ0) is 25.1. The lowest BCUT2D eigenvalue weighted by atomic mass is 9.83. The Morgan fingerprint density at radius 3 is 2.14 bits per heavy atom. The van der Waals surface area contributed by atoms with Crippen molar-refractivity contribution in [2.45, 2.75) is 19.8 Å². The van der Waals surface area contributed by atoms with E-state index in [2.05, 4.69) is 46.3 Å². The summed E-state index contributed by atoms with van der Waals surface area (Å²) in [5.41, 5.74) is 4.53. The molecule has 0 atom stereocenters. The van der Waals surface area contributed by atoms with E-state index in [1.54, 1.807) is 42.5 Å². The van der Waals surface area contributed by atoms with Gasteiger partial charge in [-0.3, -0.25) is 19.3 Å². The van der Waals surface area contributed by atoms with Crippen molar-refractivity contribution in [2.75, 3.05) is 44.2 Å². The van der Waals surface area contributed by atoms with Crippen molar-refractivity contribution in [3.8, 4) is 0 Å². The molecule has 1 aliphatic carbocycles. The molecule has 6 nitrogen and oxygen atoms in total. The van der Waals surface area contributed by atoms with Crippen LogP contribution in [0.25, 0.3) is 0 Å². The van der Waals surface area contributed by atoms with Crippen LogP contribution in [-0.4, -0.2) is 61.6 Å². The Bertz CT molecular complexity index is 1310. The van der Waals surface area contributed by atoms with Crippen LogP contribution in [0.3, 0.4) is 0 Å². The summed E-state index contributed by atoms with van der Waals surface area (Å²) >= 11 is 0. The number of amides is 1. The summed E-state index contributed by atoms with van der Waals surface area (Å²) in [5.74, 6) is -0.604. The van der Waals surface area contributed by atoms with Gasteiger partial charge in [-0.2, -0.15) is 0 Å². The number of hydrogen-bond donors (Lipinski definition) is 1. The summed E-state index contributed by atoms with van der Waals surface area (Å²) in [6.45, 7) is 7.92. The molecule has 36 heavy (non-hydrogen) atoms. The summed E-state index contributed by atoms with van der Waals surface area (Å²) in [4.78, 5) is 43.3. The van der Waals surface area contributed by atoms with Gasteiger partial charge >= 0.3 is 0 Å². The van der Waals surface area contributed by atoms with Gasteiger partial charge < -0.3 is 10.2 Å². The van der Waals surface area contributed by atoms with Gasteiger partial charge in [-0.25, -0.2) is 0 Å². The maximum atomic E-state index is 12.9. The number of carbonyl (C=O) groups excluding carboxylic acids is 3. The highest BCUT2D eigenvalue weighted by molar-refractivity contribution is 6.28. The van der Waals surface area contributed by atoms with Crippen LogP contribution in [0.1, 0.15) is 60.6 Å². The third kappa shape index (κ3) is 4.82. The monoisotopic (exact) mass is 481 g/mol. The minimum Gasteiger partial charge on any atom is -0.369 e. The lowest BCUT2D eigenvalue weighted by molar-refractivity contribution is 0.0950. The van der Waals surface area contributed by atoms with Crippen LogP contribution in [0.5, 0.6) is 0 Å². The van der Waals surface area contributed by atoms with Crippen molar-refractivity contribution in [3.63, 3.8) is 0 Å². The molecular formula is C30H31N3O3. The molecule has 184 valence electrons. The van der Waals surface area contributed by atoms with E-state index in [0.29, 0.717) is 34.4 Å². The molecule has 1 amide bonds. The molecule has 0 bridgehead atoms. The predicted octanol–water partition coefficient (Wildman–Crippen LogP) is 4.10. The van der Waals surface area contributed by atoms with E-state index in [1.807, 2.05) is 0 Å². The van der Waals surface area contributed by atoms with E-state index in [0.717, 1.165) is 45.6 Å². The number of para-hydroxylation sites is 1. The Morgan fingerprint density at radius 2 is 1.42 bits per heavy atom.